The van der Waals surface area contributed by atoms with Crippen molar-refractivity contribution in [3.63, 3.8) is 0 Å². The minimum atomic E-state index is -0.960. The standard InChI is InChI=1S/C16H13N5O2/c17-15-19-13(9-5-7-10(8-6-9)14(22)23)21-12-4-2-1-3-11(12)18-16(21)20-15/h1-8,13H,(H,22,23)(H3,17,18,19,20)/t13-/m0/s1. The summed E-state index contributed by atoms with van der Waals surface area (Å²) in [6.07, 6.45) is -0.388. The highest BCUT2D eigenvalue weighted by Gasteiger charge is 2.25. The highest BCUT2D eigenvalue weighted by atomic mass is 16.4. The molecule has 0 radical (unpaired) electrons. The number of rotatable bonds is 2. The average molecular weight is 307 g/mol. The topological polar surface area (TPSA) is 106 Å². The molecule has 0 fully saturated rings. The van der Waals surface area contributed by atoms with Gasteiger partial charge in [0.15, 0.2) is 12.1 Å². The molecule has 4 rings (SSSR count). The molecule has 2 aromatic carbocycles. The molecule has 3 aromatic rings. The smallest absolute Gasteiger partial charge is 0.335 e. The average Bonchev–Trinajstić information content (AvgIpc) is 2.92. The number of benzene rings is 2. The molecule has 0 bridgehead atoms. The van der Waals surface area contributed by atoms with E-state index in [4.69, 9.17) is 10.8 Å². The number of carboxylic acid groups (broad SMARTS) is 1. The molecule has 0 unspecified atom stereocenters. The predicted molar refractivity (Wildman–Crippen MR) is 86.5 cm³/mol. The van der Waals surface area contributed by atoms with Crippen molar-refractivity contribution in [3.8, 4) is 0 Å². The number of hydrogen-bond acceptors (Lipinski definition) is 5. The number of aliphatic imine (C=N–C) groups is 1. The van der Waals surface area contributed by atoms with Crippen LogP contribution in [0.4, 0.5) is 5.95 Å². The van der Waals surface area contributed by atoms with Gasteiger partial charge in [-0.1, -0.05) is 24.3 Å². The van der Waals surface area contributed by atoms with Crippen molar-refractivity contribution >= 4 is 28.9 Å². The Morgan fingerprint density at radius 3 is 2.65 bits per heavy atom. The van der Waals surface area contributed by atoms with Crippen LogP contribution in [0.25, 0.3) is 11.0 Å². The Morgan fingerprint density at radius 1 is 1.17 bits per heavy atom. The minimum Gasteiger partial charge on any atom is -0.478 e. The lowest BCUT2D eigenvalue weighted by Crippen LogP contribution is -2.31. The number of carboxylic acids is 1. The van der Waals surface area contributed by atoms with E-state index in [1.165, 1.54) is 0 Å². The maximum absolute atomic E-state index is 11.0. The fourth-order valence-electron chi connectivity index (χ4n) is 2.74. The Kier molecular flexibility index (Phi) is 2.80. The van der Waals surface area contributed by atoms with Crippen molar-refractivity contribution in [1.29, 1.82) is 0 Å². The first-order valence-corrected chi connectivity index (χ1v) is 7.04. The van der Waals surface area contributed by atoms with Crippen molar-refractivity contribution < 1.29 is 9.90 Å². The monoisotopic (exact) mass is 307 g/mol. The summed E-state index contributed by atoms with van der Waals surface area (Å²) in [6, 6.07) is 14.3. The van der Waals surface area contributed by atoms with E-state index in [1.807, 2.05) is 28.8 Å². The van der Waals surface area contributed by atoms with Crippen LogP contribution < -0.4 is 11.1 Å². The first-order chi connectivity index (χ1) is 11.1. The molecule has 0 saturated carbocycles. The Morgan fingerprint density at radius 2 is 1.91 bits per heavy atom. The Bertz CT molecular complexity index is 943. The fourth-order valence-corrected chi connectivity index (χ4v) is 2.74. The minimum absolute atomic E-state index is 0.232. The zero-order valence-electron chi connectivity index (χ0n) is 12.0. The van der Waals surface area contributed by atoms with E-state index in [0.29, 0.717) is 5.95 Å². The third-order valence-corrected chi connectivity index (χ3v) is 3.80. The second-order valence-corrected chi connectivity index (χ2v) is 5.23. The summed E-state index contributed by atoms with van der Waals surface area (Å²) in [5.41, 5.74) is 8.71. The van der Waals surface area contributed by atoms with Gasteiger partial charge >= 0.3 is 5.97 Å². The molecule has 23 heavy (non-hydrogen) atoms. The van der Waals surface area contributed by atoms with Gasteiger partial charge in [0.05, 0.1) is 16.6 Å². The summed E-state index contributed by atoms with van der Waals surface area (Å²) in [4.78, 5) is 20.0. The van der Waals surface area contributed by atoms with Crippen LogP contribution in [0.3, 0.4) is 0 Å². The van der Waals surface area contributed by atoms with E-state index in [0.717, 1.165) is 16.6 Å². The quantitative estimate of drug-likeness (QED) is 0.671. The molecule has 4 N–H and O–H groups in total. The number of anilines is 1. The first kappa shape index (κ1) is 13.3. The lowest BCUT2D eigenvalue weighted by molar-refractivity contribution is 0.0697. The van der Waals surface area contributed by atoms with Gasteiger partial charge in [0.2, 0.25) is 5.95 Å². The molecule has 7 nitrogen and oxygen atoms in total. The molecule has 1 aliphatic rings. The van der Waals surface area contributed by atoms with E-state index in [1.54, 1.807) is 24.3 Å². The maximum Gasteiger partial charge on any atom is 0.335 e. The molecule has 7 heteroatoms. The van der Waals surface area contributed by atoms with Crippen molar-refractivity contribution in [1.82, 2.24) is 9.55 Å². The number of fused-ring (bicyclic) bond motifs is 3. The van der Waals surface area contributed by atoms with Gasteiger partial charge in [-0.15, -0.1) is 0 Å². The molecule has 1 aliphatic heterocycles. The second kappa shape index (κ2) is 4.84. The van der Waals surface area contributed by atoms with Crippen molar-refractivity contribution in [3.05, 3.63) is 59.7 Å². The van der Waals surface area contributed by atoms with Crippen LogP contribution in [-0.2, 0) is 0 Å². The largest absolute Gasteiger partial charge is 0.478 e. The lowest BCUT2D eigenvalue weighted by atomic mass is 10.1. The number of hydrogen-bond donors (Lipinski definition) is 3. The highest BCUT2D eigenvalue weighted by Crippen LogP contribution is 2.32. The van der Waals surface area contributed by atoms with Crippen LogP contribution in [0.15, 0.2) is 53.5 Å². The number of nitrogens with zero attached hydrogens (tertiary/aromatic N) is 3. The zero-order valence-corrected chi connectivity index (χ0v) is 12.0. The number of para-hydroxylation sites is 2. The van der Waals surface area contributed by atoms with Gasteiger partial charge in [-0.05, 0) is 29.8 Å². The first-order valence-electron chi connectivity index (χ1n) is 7.04. The molecule has 2 heterocycles. The van der Waals surface area contributed by atoms with Gasteiger partial charge in [0, 0.05) is 0 Å². The summed E-state index contributed by atoms with van der Waals surface area (Å²) in [6.45, 7) is 0. The molecule has 0 amide bonds. The summed E-state index contributed by atoms with van der Waals surface area (Å²) >= 11 is 0. The number of aromatic carboxylic acids is 1. The normalized spacial score (nSPS) is 16.5. The molecule has 1 aromatic heterocycles. The molecule has 0 spiro atoms. The number of aromatic nitrogens is 2. The zero-order chi connectivity index (χ0) is 16.0. The molecule has 1 atom stereocenters. The van der Waals surface area contributed by atoms with Crippen LogP contribution in [-0.4, -0.2) is 26.6 Å². The molecular weight excluding hydrogens is 294 g/mol. The Balaban J connectivity index is 1.88. The van der Waals surface area contributed by atoms with Gasteiger partial charge in [-0.25, -0.2) is 14.8 Å². The van der Waals surface area contributed by atoms with Crippen LogP contribution >= 0.6 is 0 Å². The highest BCUT2D eigenvalue weighted by molar-refractivity contribution is 5.94. The van der Waals surface area contributed by atoms with E-state index >= 15 is 0 Å². The molecule has 0 aliphatic carbocycles. The number of imidazole rings is 1. The lowest BCUT2D eigenvalue weighted by Gasteiger charge is -2.23. The SMILES string of the molecule is NC1=N[C@H](c2ccc(C(=O)O)cc2)n2c(nc3ccccc32)N1. The van der Waals surface area contributed by atoms with Crippen molar-refractivity contribution in [2.75, 3.05) is 5.32 Å². The van der Waals surface area contributed by atoms with Crippen LogP contribution in [0.2, 0.25) is 0 Å². The van der Waals surface area contributed by atoms with Gasteiger partial charge in [0.25, 0.3) is 0 Å². The van der Waals surface area contributed by atoms with Crippen LogP contribution in [0.1, 0.15) is 22.1 Å². The number of nitrogens with two attached hydrogens (primary N) is 1. The van der Waals surface area contributed by atoms with Crippen molar-refractivity contribution in [2.45, 2.75) is 6.17 Å². The van der Waals surface area contributed by atoms with Gasteiger partial charge in [-0.3, -0.25) is 9.88 Å². The molecule has 0 saturated heterocycles. The number of carbonyl (C=O) groups is 1. The van der Waals surface area contributed by atoms with Gasteiger partial charge < -0.3 is 10.8 Å². The fraction of sp³-hybridized carbons (Fsp3) is 0.0625. The number of nitrogens with one attached hydrogen (secondary N) is 1. The maximum atomic E-state index is 11.0. The van der Waals surface area contributed by atoms with E-state index in [9.17, 15) is 4.79 Å². The van der Waals surface area contributed by atoms with Gasteiger partial charge in [-0.2, -0.15) is 0 Å². The van der Waals surface area contributed by atoms with Crippen molar-refractivity contribution in [2.24, 2.45) is 10.7 Å². The number of guanidine groups is 1. The van der Waals surface area contributed by atoms with Gasteiger partial charge in [0.1, 0.15) is 0 Å². The van der Waals surface area contributed by atoms with E-state index in [-0.39, 0.29) is 17.7 Å². The second-order valence-electron chi connectivity index (χ2n) is 5.23. The van der Waals surface area contributed by atoms with Crippen LogP contribution in [0, 0.1) is 0 Å². The van der Waals surface area contributed by atoms with E-state index < -0.39 is 5.97 Å². The van der Waals surface area contributed by atoms with Crippen LogP contribution in [0.5, 0.6) is 0 Å². The third kappa shape index (κ3) is 2.10. The summed E-state index contributed by atoms with van der Waals surface area (Å²) in [7, 11) is 0. The summed E-state index contributed by atoms with van der Waals surface area (Å²) < 4.78 is 1.95. The Hall–Kier alpha value is -3.35. The van der Waals surface area contributed by atoms with E-state index in [2.05, 4.69) is 15.3 Å². The summed E-state index contributed by atoms with van der Waals surface area (Å²) in [5.74, 6) is -0.0650. The molecule has 114 valence electrons. The predicted octanol–water partition coefficient (Wildman–Crippen LogP) is 2.02. The summed E-state index contributed by atoms with van der Waals surface area (Å²) in [5, 5.41) is 12.0. The Labute approximate surface area is 131 Å². The third-order valence-electron chi connectivity index (χ3n) is 3.80. The molecular formula is C16H13N5O2.